The summed E-state index contributed by atoms with van der Waals surface area (Å²) in [5.74, 6) is -0.0668. The monoisotopic (exact) mass is 264 g/mol. The molecule has 0 aliphatic carbocycles. The molecule has 0 spiro atoms. The number of H-pyrrole nitrogens is 1. The third kappa shape index (κ3) is 3.13. The maximum Gasteiger partial charge on any atom is 0.272 e. The second-order valence-electron chi connectivity index (χ2n) is 5.23. The summed E-state index contributed by atoms with van der Waals surface area (Å²) in [6.07, 6.45) is 3.44. The number of rotatable bonds is 4. The lowest BCUT2D eigenvalue weighted by Gasteiger charge is -2.14. The first kappa shape index (κ1) is 13.6. The van der Waals surface area contributed by atoms with Crippen molar-refractivity contribution in [3.05, 3.63) is 17.7 Å². The van der Waals surface area contributed by atoms with Gasteiger partial charge in [-0.05, 0) is 18.8 Å². The van der Waals surface area contributed by atoms with Crippen molar-refractivity contribution < 1.29 is 9.59 Å². The van der Waals surface area contributed by atoms with Gasteiger partial charge in [0.15, 0.2) is 5.69 Å². The molecule has 1 aliphatic rings. The quantitative estimate of drug-likeness (QED) is 0.852. The molecule has 19 heavy (non-hydrogen) atoms. The van der Waals surface area contributed by atoms with E-state index in [1.165, 1.54) is 6.33 Å². The summed E-state index contributed by atoms with van der Waals surface area (Å²) < 4.78 is 0. The predicted octanol–water partition coefficient (Wildman–Crippen LogP) is 1.03. The number of aromatic amines is 1. The predicted molar refractivity (Wildman–Crippen MR) is 70.9 cm³/mol. The fraction of sp³-hybridized carbons (Fsp3) is 0.615. The number of carbonyl (C=O) groups is 2. The molecule has 0 bridgehead atoms. The van der Waals surface area contributed by atoms with Crippen LogP contribution in [-0.4, -0.2) is 46.3 Å². The number of nitrogens with one attached hydrogen (secondary N) is 2. The van der Waals surface area contributed by atoms with Crippen molar-refractivity contribution in [2.75, 3.05) is 19.6 Å². The molecule has 2 amide bonds. The van der Waals surface area contributed by atoms with E-state index in [1.54, 1.807) is 4.90 Å². The van der Waals surface area contributed by atoms with Crippen molar-refractivity contribution >= 4 is 11.8 Å². The Labute approximate surface area is 112 Å². The van der Waals surface area contributed by atoms with Crippen molar-refractivity contribution in [3.63, 3.8) is 0 Å². The van der Waals surface area contributed by atoms with E-state index in [0.29, 0.717) is 18.2 Å². The van der Waals surface area contributed by atoms with E-state index in [9.17, 15) is 9.59 Å². The smallest absolute Gasteiger partial charge is 0.272 e. The number of aromatic nitrogens is 2. The molecule has 1 aliphatic heterocycles. The van der Waals surface area contributed by atoms with Gasteiger partial charge in [-0.25, -0.2) is 4.98 Å². The second kappa shape index (κ2) is 5.86. The van der Waals surface area contributed by atoms with Crippen LogP contribution in [0, 0.1) is 5.92 Å². The van der Waals surface area contributed by atoms with Crippen molar-refractivity contribution in [1.29, 1.82) is 0 Å². The molecule has 2 N–H and O–H groups in total. The summed E-state index contributed by atoms with van der Waals surface area (Å²) in [4.78, 5) is 32.7. The highest BCUT2D eigenvalue weighted by Gasteiger charge is 2.26. The van der Waals surface area contributed by atoms with E-state index in [-0.39, 0.29) is 17.5 Å². The summed E-state index contributed by atoms with van der Waals surface area (Å²) >= 11 is 0. The normalized spacial score (nSPS) is 15.0. The number of nitrogens with zero attached hydrogens (tertiary/aromatic N) is 2. The van der Waals surface area contributed by atoms with Gasteiger partial charge in [0.05, 0.1) is 6.33 Å². The average Bonchev–Trinajstić information content (AvgIpc) is 3.05. The zero-order valence-corrected chi connectivity index (χ0v) is 11.4. The molecule has 2 rings (SSSR count). The summed E-state index contributed by atoms with van der Waals surface area (Å²) in [6, 6.07) is 0. The van der Waals surface area contributed by atoms with E-state index in [2.05, 4.69) is 15.3 Å². The number of likely N-dealkylation sites (tertiary alicyclic amines) is 1. The van der Waals surface area contributed by atoms with Crippen LogP contribution >= 0.6 is 0 Å². The van der Waals surface area contributed by atoms with Gasteiger partial charge in [-0.2, -0.15) is 0 Å². The van der Waals surface area contributed by atoms with Crippen molar-refractivity contribution in [2.45, 2.75) is 26.7 Å². The second-order valence-corrected chi connectivity index (χ2v) is 5.23. The van der Waals surface area contributed by atoms with Gasteiger partial charge >= 0.3 is 0 Å². The minimum absolute atomic E-state index is 0.135. The van der Waals surface area contributed by atoms with Crippen molar-refractivity contribution in [3.8, 4) is 0 Å². The van der Waals surface area contributed by atoms with Gasteiger partial charge in [0.2, 0.25) is 0 Å². The van der Waals surface area contributed by atoms with E-state index in [1.807, 2.05) is 13.8 Å². The maximum atomic E-state index is 12.2. The van der Waals surface area contributed by atoms with E-state index in [4.69, 9.17) is 0 Å². The fourth-order valence-electron chi connectivity index (χ4n) is 2.09. The van der Waals surface area contributed by atoms with Crippen LogP contribution in [0.3, 0.4) is 0 Å². The molecule has 0 atom stereocenters. The summed E-state index contributed by atoms with van der Waals surface area (Å²) in [5, 5.41) is 2.78. The van der Waals surface area contributed by atoms with Gasteiger partial charge in [-0.3, -0.25) is 9.59 Å². The number of hydrogen-bond acceptors (Lipinski definition) is 3. The summed E-state index contributed by atoms with van der Waals surface area (Å²) in [5.41, 5.74) is 0.487. The highest BCUT2D eigenvalue weighted by atomic mass is 16.2. The highest BCUT2D eigenvalue weighted by molar-refractivity contribution is 6.04. The largest absolute Gasteiger partial charge is 0.350 e. The Kier molecular flexibility index (Phi) is 4.19. The van der Waals surface area contributed by atoms with E-state index in [0.717, 1.165) is 25.9 Å². The van der Waals surface area contributed by atoms with Gasteiger partial charge in [0, 0.05) is 19.6 Å². The Morgan fingerprint density at radius 3 is 2.74 bits per heavy atom. The molecule has 6 nitrogen and oxygen atoms in total. The first-order valence-electron chi connectivity index (χ1n) is 6.70. The lowest BCUT2D eigenvalue weighted by Crippen LogP contribution is -2.32. The Hall–Kier alpha value is -1.85. The molecule has 2 heterocycles. The van der Waals surface area contributed by atoms with Gasteiger partial charge in [-0.1, -0.05) is 13.8 Å². The summed E-state index contributed by atoms with van der Waals surface area (Å²) in [7, 11) is 0. The van der Waals surface area contributed by atoms with Crippen LogP contribution in [-0.2, 0) is 0 Å². The third-order valence-corrected chi connectivity index (χ3v) is 3.13. The first-order valence-corrected chi connectivity index (χ1v) is 6.70. The van der Waals surface area contributed by atoms with Crippen molar-refractivity contribution in [1.82, 2.24) is 20.2 Å². The van der Waals surface area contributed by atoms with Gasteiger partial charge in [0.1, 0.15) is 5.69 Å². The van der Waals surface area contributed by atoms with Crippen LogP contribution < -0.4 is 5.32 Å². The topological polar surface area (TPSA) is 78.1 Å². The number of carbonyl (C=O) groups excluding carboxylic acids is 2. The molecular formula is C13H20N4O2. The minimum Gasteiger partial charge on any atom is -0.350 e. The van der Waals surface area contributed by atoms with Crippen LogP contribution in [0.4, 0.5) is 0 Å². The van der Waals surface area contributed by atoms with Crippen LogP contribution in [0.1, 0.15) is 47.7 Å². The molecule has 1 aromatic rings. The lowest BCUT2D eigenvalue weighted by atomic mass is 10.2. The van der Waals surface area contributed by atoms with E-state index < -0.39 is 0 Å². The SMILES string of the molecule is CC(C)CNC(=O)c1nc[nH]c1C(=O)N1CCCC1. The van der Waals surface area contributed by atoms with Crippen LogP contribution in [0.5, 0.6) is 0 Å². The molecule has 0 aromatic carbocycles. The Morgan fingerprint density at radius 1 is 1.42 bits per heavy atom. The zero-order chi connectivity index (χ0) is 13.8. The third-order valence-electron chi connectivity index (χ3n) is 3.13. The lowest BCUT2D eigenvalue weighted by molar-refractivity contribution is 0.0779. The first-order chi connectivity index (χ1) is 9.09. The Balaban J connectivity index is 2.08. The minimum atomic E-state index is -0.294. The molecule has 0 saturated carbocycles. The maximum absolute atomic E-state index is 12.2. The average molecular weight is 264 g/mol. The number of amides is 2. The van der Waals surface area contributed by atoms with E-state index >= 15 is 0 Å². The van der Waals surface area contributed by atoms with Crippen LogP contribution in [0.15, 0.2) is 6.33 Å². The molecule has 0 unspecified atom stereocenters. The molecule has 1 fully saturated rings. The summed E-state index contributed by atoms with van der Waals surface area (Å²) in [6.45, 7) is 6.11. The van der Waals surface area contributed by atoms with Gasteiger partial charge in [0.25, 0.3) is 11.8 Å². The van der Waals surface area contributed by atoms with Gasteiger partial charge < -0.3 is 15.2 Å². The number of hydrogen-bond donors (Lipinski definition) is 2. The molecular weight excluding hydrogens is 244 g/mol. The Bertz CT molecular complexity index is 461. The number of imidazole rings is 1. The van der Waals surface area contributed by atoms with Gasteiger partial charge in [-0.15, -0.1) is 0 Å². The molecule has 1 saturated heterocycles. The van der Waals surface area contributed by atoms with Crippen LogP contribution in [0.2, 0.25) is 0 Å². The molecule has 6 heteroatoms. The molecule has 0 radical (unpaired) electrons. The standard InChI is InChI=1S/C13H20N4O2/c1-9(2)7-14-12(18)10-11(16-8-15-10)13(19)17-5-3-4-6-17/h8-9H,3-7H2,1-2H3,(H,14,18)(H,15,16). The highest BCUT2D eigenvalue weighted by Crippen LogP contribution is 2.13. The fourth-order valence-corrected chi connectivity index (χ4v) is 2.09. The Morgan fingerprint density at radius 2 is 2.11 bits per heavy atom. The van der Waals surface area contributed by atoms with Crippen molar-refractivity contribution in [2.24, 2.45) is 5.92 Å². The molecule has 1 aromatic heterocycles. The molecule has 104 valence electrons. The zero-order valence-electron chi connectivity index (χ0n) is 11.4. The van der Waals surface area contributed by atoms with Crippen LogP contribution in [0.25, 0.3) is 0 Å².